The van der Waals surface area contributed by atoms with Crippen molar-refractivity contribution >= 4 is 27.7 Å². The van der Waals surface area contributed by atoms with Crippen LogP contribution >= 0.6 is 11.8 Å². The van der Waals surface area contributed by atoms with E-state index in [1.165, 1.54) is 11.4 Å². The minimum Gasteiger partial charge on any atom is -0.497 e. The van der Waals surface area contributed by atoms with Crippen molar-refractivity contribution in [3.05, 3.63) is 48.4 Å². The molecule has 1 aromatic heterocycles. The highest BCUT2D eigenvalue weighted by Gasteiger charge is 2.31. The number of sulfonamides is 1. The number of amides is 1. The monoisotopic (exact) mass is 438 g/mol. The molecule has 0 spiro atoms. The van der Waals surface area contributed by atoms with Crippen LogP contribution in [0.4, 0.5) is 0 Å². The average molecular weight is 439 g/mol. The number of ether oxygens (including phenoxy) is 1. The first-order valence-corrected chi connectivity index (χ1v) is 12.1. The van der Waals surface area contributed by atoms with E-state index in [0.717, 1.165) is 17.3 Å². The number of carbonyl (C=O) groups is 1. The van der Waals surface area contributed by atoms with Gasteiger partial charge in [-0.05, 0) is 49.2 Å². The van der Waals surface area contributed by atoms with Gasteiger partial charge in [0, 0.05) is 31.3 Å². The Hall–Kier alpha value is -1.97. The normalized spacial score (nSPS) is 15.9. The molecule has 1 fully saturated rings. The molecule has 0 saturated carbocycles. The third kappa shape index (κ3) is 5.77. The maximum Gasteiger partial charge on any atom is 0.243 e. The molecule has 1 saturated heterocycles. The predicted octanol–water partition coefficient (Wildman–Crippen LogP) is 2.74. The zero-order valence-corrected chi connectivity index (χ0v) is 18.0. The quantitative estimate of drug-likeness (QED) is 0.606. The molecular formula is C20H26N2O5S2. The average Bonchev–Trinajstić information content (AvgIpc) is 3.27. The predicted molar refractivity (Wildman–Crippen MR) is 112 cm³/mol. The molecule has 2 heterocycles. The Kier molecular flexibility index (Phi) is 7.63. The van der Waals surface area contributed by atoms with E-state index in [1.807, 2.05) is 12.1 Å². The number of hydrogen-bond acceptors (Lipinski definition) is 6. The Morgan fingerprint density at radius 1 is 1.24 bits per heavy atom. The van der Waals surface area contributed by atoms with Crippen molar-refractivity contribution in [1.82, 2.24) is 9.62 Å². The largest absolute Gasteiger partial charge is 0.497 e. The van der Waals surface area contributed by atoms with E-state index in [9.17, 15) is 13.2 Å². The van der Waals surface area contributed by atoms with Gasteiger partial charge in [-0.15, -0.1) is 0 Å². The van der Waals surface area contributed by atoms with Gasteiger partial charge in [0.1, 0.15) is 11.5 Å². The van der Waals surface area contributed by atoms with Gasteiger partial charge < -0.3 is 14.5 Å². The molecule has 0 radical (unpaired) electrons. The standard InChI is InChI=1S/C20H26N2O5S2/c1-26-17-4-6-19(7-5-17)29(24,25)22-11-8-16(9-12-22)20(23)21-10-14-28-15-18-3-2-13-27-18/h2-7,13,16H,8-12,14-15H2,1H3,(H,21,23). The van der Waals surface area contributed by atoms with Gasteiger partial charge in [-0.3, -0.25) is 4.79 Å². The molecule has 1 aliphatic heterocycles. The van der Waals surface area contributed by atoms with Crippen LogP contribution in [0.2, 0.25) is 0 Å². The molecule has 29 heavy (non-hydrogen) atoms. The minimum atomic E-state index is -3.55. The summed E-state index contributed by atoms with van der Waals surface area (Å²) in [7, 11) is -2.01. The van der Waals surface area contributed by atoms with Gasteiger partial charge in [0.2, 0.25) is 15.9 Å². The van der Waals surface area contributed by atoms with E-state index in [-0.39, 0.29) is 16.7 Å². The molecule has 9 heteroatoms. The second-order valence-electron chi connectivity index (χ2n) is 6.78. The number of benzene rings is 1. The first-order valence-electron chi connectivity index (χ1n) is 9.53. The van der Waals surface area contributed by atoms with Crippen LogP contribution in [0.1, 0.15) is 18.6 Å². The number of hydrogen-bond donors (Lipinski definition) is 1. The van der Waals surface area contributed by atoms with Gasteiger partial charge >= 0.3 is 0 Å². The summed E-state index contributed by atoms with van der Waals surface area (Å²) >= 11 is 1.70. The maximum atomic E-state index is 12.8. The summed E-state index contributed by atoms with van der Waals surface area (Å²) in [5.41, 5.74) is 0. The van der Waals surface area contributed by atoms with Crippen LogP contribution in [0.25, 0.3) is 0 Å². The van der Waals surface area contributed by atoms with Crippen LogP contribution in [-0.4, -0.2) is 51.1 Å². The van der Waals surface area contributed by atoms with Crippen LogP contribution in [0, 0.1) is 5.92 Å². The van der Waals surface area contributed by atoms with Gasteiger partial charge in [0.25, 0.3) is 0 Å². The fraction of sp³-hybridized carbons (Fsp3) is 0.450. The highest BCUT2D eigenvalue weighted by molar-refractivity contribution is 7.98. The van der Waals surface area contributed by atoms with Crippen LogP contribution in [-0.2, 0) is 20.6 Å². The molecule has 0 aliphatic carbocycles. The number of furan rings is 1. The van der Waals surface area contributed by atoms with E-state index in [0.29, 0.717) is 38.2 Å². The second kappa shape index (κ2) is 10.2. The first-order chi connectivity index (χ1) is 14.0. The van der Waals surface area contributed by atoms with E-state index in [2.05, 4.69) is 5.32 Å². The van der Waals surface area contributed by atoms with E-state index in [4.69, 9.17) is 9.15 Å². The van der Waals surface area contributed by atoms with Crippen molar-refractivity contribution in [2.24, 2.45) is 5.92 Å². The summed E-state index contributed by atoms with van der Waals surface area (Å²) in [6.07, 6.45) is 2.71. The van der Waals surface area contributed by atoms with Gasteiger partial charge in [-0.2, -0.15) is 16.1 Å². The van der Waals surface area contributed by atoms with Crippen molar-refractivity contribution in [2.45, 2.75) is 23.5 Å². The SMILES string of the molecule is COc1ccc(S(=O)(=O)N2CCC(C(=O)NCCSCc3ccco3)CC2)cc1. The third-order valence-electron chi connectivity index (χ3n) is 4.89. The van der Waals surface area contributed by atoms with E-state index >= 15 is 0 Å². The lowest BCUT2D eigenvalue weighted by atomic mass is 9.97. The van der Waals surface area contributed by atoms with Crippen molar-refractivity contribution in [2.75, 3.05) is 32.5 Å². The molecule has 1 amide bonds. The number of piperidine rings is 1. The number of nitrogens with one attached hydrogen (secondary N) is 1. The molecule has 7 nitrogen and oxygen atoms in total. The molecule has 0 unspecified atom stereocenters. The van der Waals surface area contributed by atoms with Crippen molar-refractivity contribution in [3.63, 3.8) is 0 Å². The Morgan fingerprint density at radius 3 is 2.59 bits per heavy atom. The van der Waals surface area contributed by atoms with E-state index in [1.54, 1.807) is 42.3 Å². The van der Waals surface area contributed by atoms with Crippen LogP contribution in [0.5, 0.6) is 5.75 Å². The minimum absolute atomic E-state index is 0.00472. The number of thioether (sulfide) groups is 1. The highest BCUT2D eigenvalue weighted by Crippen LogP contribution is 2.25. The molecule has 0 atom stereocenters. The topological polar surface area (TPSA) is 88.9 Å². The van der Waals surface area contributed by atoms with Crippen LogP contribution in [0.3, 0.4) is 0 Å². The zero-order valence-electron chi connectivity index (χ0n) is 16.4. The number of carbonyl (C=O) groups excluding carboxylic acids is 1. The number of methoxy groups -OCH3 is 1. The zero-order chi connectivity index (χ0) is 20.7. The summed E-state index contributed by atoms with van der Waals surface area (Å²) in [5.74, 6) is 2.98. The smallest absolute Gasteiger partial charge is 0.243 e. The van der Waals surface area contributed by atoms with Crippen molar-refractivity contribution in [1.29, 1.82) is 0 Å². The number of rotatable bonds is 9. The number of nitrogens with zero attached hydrogens (tertiary/aromatic N) is 1. The molecular weight excluding hydrogens is 412 g/mol. The fourth-order valence-corrected chi connectivity index (χ4v) is 5.44. The van der Waals surface area contributed by atoms with Crippen molar-refractivity contribution < 1.29 is 22.4 Å². The van der Waals surface area contributed by atoms with Gasteiger partial charge in [0.05, 0.1) is 24.0 Å². The lowest BCUT2D eigenvalue weighted by molar-refractivity contribution is -0.125. The molecule has 1 aromatic carbocycles. The Balaban J connectivity index is 1.41. The summed E-state index contributed by atoms with van der Waals surface area (Å²) in [6.45, 7) is 1.29. The first kappa shape index (κ1) is 21.7. The Labute approximate surface area is 175 Å². The van der Waals surface area contributed by atoms with Crippen molar-refractivity contribution in [3.8, 4) is 5.75 Å². The maximum absolute atomic E-state index is 12.8. The lowest BCUT2D eigenvalue weighted by Gasteiger charge is -2.30. The highest BCUT2D eigenvalue weighted by atomic mass is 32.2. The molecule has 1 aliphatic rings. The summed E-state index contributed by atoms with van der Waals surface area (Å²) in [6, 6.07) is 10.2. The van der Waals surface area contributed by atoms with Crippen LogP contribution < -0.4 is 10.1 Å². The summed E-state index contributed by atoms with van der Waals surface area (Å²) in [4.78, 5) is 12.6. The molecule has 2 aromatic rings. The summed E-state index contributed by atoms with van der Waals surface area (Å²) in [5, 5.41) is 2.96. The van der Waals surface area contributed by atoms with Gasteiger partial charge in [-0.1, -0.05) is 0 Å². The van der Waals surface area contributed by atoms with Gasteiger partial charge in [0.15, 0.2) is 0 Å². The molecule has 0 bridgehead atoms. The fourth-order valence-electron chi connectivity index (χ4n) is 3.21. The third-order valence-corrected chi connectivity index (χ3v) is 7.79. The molecule has 3 rings (SSSR count). The molecule has 1 N–H and O–H groups in total. The van der Waals surface area contributed by atoms with Crippen LogP contribution in [0.15, 0.2) is 52.0 Å². The second-order valence-corrected chi connectivity index (χ2v) is 9.82. The Bertz CT molecular complexity index is 874. The lowest BCUT2D eigenvalue weighted by Crippen LogP contribution is -2.43. The van der Waals surface area contributed by atoms with E-state index < -0.39 is 10.0 Å². The summed E-state index contributed by atoms with van der Waals surface area (Å²) < 4.78 is 37.4. The van der Waals surface area contributed by atoms with Gasteiger partial charge in [-0.25, -0.2) is 8.42 Å². The Morgan fingerprint density at radius 2 is 1.97 bits per heavy atom. The molecule has 158 valence electrons.